The molecule has 25 heavy (non-hydrogen) atoms. The first-order valence-electron chi connectivity index (χ1n) is 8.05. The lowest BCUT2D eigenvalue weighted by molar-refractivity contribution is -0.192. The Morgan fingerprint density at radius 2 is 2.04 bits per heavy atom. The third-order valence-electron chi connectivity index (χ3n) is 4.64. The second kappa shape index (κ2) is 8.18. The van der Waals surface area contributed by atoms with Crippen molar-refractivity contribution in [1.82, 2.24) is 10.2 Å². The van der Waals surface area contributed by atoms with Crippen LogP contribution in [0.4, 0.5) is 13.2 Å². The van der Waals surface area contributed by atoms with E-state index in [1.807, 2.05) is 0 Å². The summed E-state index contributed by atoms with van der Waals surface area (Å²) in [5.74, 6) is -2.45. The molecule has 1 aromatic heterocycles. The van der Waals surface area contributed by atoms with E-state index >= 15 is 0 Å². The molecule has 2 N–H and O–H groups in total. The average molecular weight is 378 g/mol. The Hall–Kier alpha value is -1.61. The Labute approximate surface area is 147 Å². The predicted octanol–water partition coefficient (Wildman–Crippen LogP) is 2.87. The van der Waals surface area contributed by atoms with Crippen LogP contribution in [0.15, 0.2) is 16.8 Å². The fraction of sp³-hybridized carbons (Fsp3) is 0.625. The van der Waals surface area contributed by atoms with Gasteiger partial charge in [-0.25, -0.2) is 4.79 Å². The van der Waals surface area contributed by atoms with Crippen molar-refractivity contribution < 1.29 is 27.9 Å². The standard InChI is InChI=1S/C14H20N2OS.C2HF3O2/c17-13-14(4-6-15-13)3-1-7-16(8-5-14)10-12-2-9-18-11-12;3-2(4,5)1(6)7/h2,9,11H,1,3-8,10H2,(H,15,17);(H,6,7). The van der Waals surface area contributed by atoms with Gasteiger partial charge in [0.15, 0.2) is 0 Å². The van der Waals surface area contributed by atoms with Crippen LogP contribution < -0.4 is 5.32 Å². The molecule has 0 radical (unpaired) electrons. The Morgan fingerprint density at radius 1 is 1.32 bits per heavy atom. The zero-order valence-electron chi connectivity index (χ0n) is 13.6. The number of carboxylic acids is 1. The number of likely N-dealkylation sites (tertiary alicyclic amines) is 1. The van der Waals surface area contributed by atoms with E-state index in [-0.39, 0.29) is 5.41 Å². The maximum absolute atomic E-state index is 12.0. The van der Waals surface area contributed by atoms with Crippen molar-refractivity contribution in [3.63, 3.8) is 0 Å². The fourth-order valence-electron chi connectivity index (χ4n) is 3.24. The molecule has 0 bridgehead atoms. The normalized spacial score (nSPS) is 24.4. The Kier molecular flexibility index (Phi) is 6.45. The third kappa shape index (κ3) is 5.43. The summed E-state index contributed by atoms with van der Waals surface area (Å²) in [5.41, 5.74) is 1.37. The molecule has 9 heteroatoms. The van der Waals surface area contributed by atoms with Crippen LogP contribution >= 0.6 is 11.3 Å². The summed E-state index contributed by atoms with van der Waals surface area (Å²) in [7, 11) is 0. The Morgan fingerprint density at radius 3 is 2.56 bits per heavy atom. The van der Waals surface area contributed by atoms with Crippen LogP contribution in [0.3, 0.4) is 0 Å². The van der Waals surface area contributed by atoms with Crippen LogP contribution in [-0.4, -0.2) is 47.7 Å². The van der Waals surface area contributed by atoms with Crippen molar-refractivity contribution in [3.8, 4) is 0 Å². The van der Waals surface area contributed by atoms with Gasteiger partial charge in [0, 0.05) is 13.1 Å². The highest BCUT2D eigenvalue weighted by atomic mass is 32.1. The molecule has 1 spiro atoms. The monoisotopic (exact) mass is 378 g/mol. The van der Waals surface area contributed by atoms with Crippen LogP contribution in [0.1, 0.15) is 31.2 Å². The van der Waals surface area contributed by atoms with Gasteiger partial charge in [0.05, 0.1) is 5.41 Å². The first-order chi connectivity index (χ1) is 11.7. The van der Waals surface area contributed by atoms with Crippen molar-refractivity contribution in [3.05, 3.63) is 22.4 Å². The van der Waals surface area contributed by atoms with E-state index in [0.717, 1.165) is 51.9 Å². The average Bonchev–Trinajstić information content (AvgIpc) is 3.09. The number of carbonyl (C=O) groups is 2. The van der Waals surface area contributed by atoms with Gasteiger partial charge in [-0.2, -0.15) is 24.5 Å². The van der Waals surface area contributed by atoms with Gasteiger partial charge >= 0.3 is 12.1 Å². The maximum atomic E-state index is 12.0. The number of hydrogen-bond acceptors (Lipinski definition) is 4. The number of carbonyl (C=O) groups excluding carboxylic acids is 1. The molecule has 2 fully saturated rings. The van der Waals surface area contributed by atoms with Gasteiger partial charge in [0.2, 0.25) is 5.91 Å². The topological polar surface area (TPSA) is 69.6 Å². The summed E-state index contributed by atoms with van der Waals surface area (Å²) in [6, 6.07) is 2.20. The first kappa shape index (κ1) is 19.7. The molecule has 1 atom stereocenters. The minimum atomic E-state index is -5.08. The van der Waals surface area contributed by atoms with Crippen molar-refractivity contribution in [2.75, 3.05) is 19.6 Å². The lowest BCUT2D eigenvalue weighted by atomic mass is 9.79. The van der Waals surface area contributed by atoms with Crippen LogP contribution in [0, 0.1) is 5.41 Å². The SMILES string of the molecule is O=C(O)C(F)(F)F.O=C1NCCC12CCCN(Cc1ccsc1)CC2. The molecule has 1 amide bonds. The number of halogens is 3. The number of rotatable bonds is 2. The summed E-state index contributed by atoms with van der Waals surface area (Å²) in [4.78, 5) is 23.4. The van der Waals surface area contributed by atoms with E-state index in [1.54, 1.807) is 11.3 Å². The van der Waals surface area contributed by atoms with Gasteiger partial charge in [-0.05, 0) is 61.2 Å². The minimum absolute atomic E-state index is 0.0383. The van der Waals surface area contributed by atoms with Gasteiger partial charge in [0.1, 0.15) is 0 Å². The molecule has 5 nitrogen and oxygen atoms in total. The van der Waals surface area contributed by atoms with Crippen LogP contribution in [-0.2, 0) is 16.1 Å². The lowest BCUT2D eigenvalue weighted by Crippen LogP contribution is -2.32. The second-order valence-electron chi connectivity index (χ2n) is 6.35. The molecule has 2 saturated heterocycles. The second-order valence-corrected chi connectivity index (χ2v) is 7.13. The summed E-state index contributed by atoms with van der Waals surface area (Å²) < 4.78 is 31.7. The van der Waals surface area contributed by atoms with E-state index in [4.69, 9.17) is 9.90 Å². The molecular formula is C16H21F3N2O3S. The molecule has 2 aliphatic heterocycles. The number of carboxylic acid groups (broad SMARTS) is 1. The van der Waals surface area contributed by atoms with Crippen molar-refractivity contribution in [1.29, 1.82) is 0 Å². The molecular weight excluding hydrogens is 357 g/mol. The van der Waals surface area contributed by atoms with E-state index in [9.17, 15) is 18.0 Å². The minimum Gasteiger partial charge on any atom is -0.475 e. The number of amides is 1. The van der Waals surface area contributed by atoms with Crippen LogP contribution in [0.5, 0.6) is 0 Å². The highest BCUT2D eigenvalue weighted by Gasteiger charge is 2.42. The molecule has 0 aromatic carbocycles. The van der Waals surface area contributed by atoms with Gasteiger partial charge < -0.3 is 10.4 Å². The summed E-state index contributed by atoms with van der Waals surface area (Å²) >= 11 is 1.76. The van der Waals surface area contributed by atoms with Gasteiger partial charge in [-0.1, -0.05) is 0 Å². The molecule has 3 rings (SSSR count). The van der Waals surface area contributed by atoms with E-state index in [0.29, 0.717) is 5.91 Å². The van der Waals surface area contributed by atoms with Gasteiger partial charge in [-0.3, -0.25) is 9.69 Å². The van der Waals surface area contributed by atoms with E-state index < -0.39 is 12.1 Å². The smallest absolute Gasteiger partial charge is 0.475 e. The zero-order chi connectivity index (χ0) is 18.5. The van der Waals surface area contributed by atoms with Crippen molar-refractivity contribution >= 4 is 23.2 Å². The number of nitrogens with zero attached hydrogens (tertiary/aromatic N) is 1. The maximum Gasteiger partial charge on any atom is 0.490 e. The Bertz CT molecular complexity index is 592. The molecule has 2 aliphatic rings. The number of thiophene rings is 1. The molecule has 1 aromatic rings. The van der Waals surface area contributed by atoms with E-state index in [1.165, 1.54) is 5.56 Å². The van der Waals surface area contributed by atoms with Gasteiger partial charge in [-0.15, -0.1) is 0 Å². The number of nitrogens with one attached hydrogen (secondary N) is 1. The molecule has 3 heterocycles. The largest absolute Gasteiger partial charge is 0.490 e. The quantitative estimate of drug-likeness (QED) is 0.830. The summed E-state index contributed by atoms with van der Waals surface area (Å²) in [6.45, 7) is 4.11. The Balaban J connectivity index is 0.000000277. The van der Waals surface area contributed by atoms with Crippen molar-refractivity contribution in [2.45, 2.75) is 38.4 Å². The third-order valence-corrected chi connectivity index (χ3v) is 5.37. The molecule has 0 aliphatic carbocycles. The summed E-state index contributed by atoms with van der Waals surface area (Å²) in [5, 5.41) is 14.5. The molecule has 0 saturated carbocycles. The fourth-order valence-corrected chi connectivity index (χ4v) is 3.90. The van der Waals surface area contributed by atoms with Crippen LogP contribution in [0.25, 0.3) is 0 Å². The molecule has 1 unspecified atom stereocenters. The number of aliphatic carboxylic acids is 1. The number of alkyl halides is 3. The van der Waals surface area contributed by atoms with Gasteiger partial charge in [0.25, 0.3) is 0 Å². The first-order valence-corrected chi connectivity index (χ1v) is 8.99. The van der Waals surface area contributed by atoms with Crippen LogP contribution in [0.2, 0.25) is 0 Å². The zero-order valence-corrected chi connectivity index (χ0v) is 14.5. The number of hydrogen-bond donors (Lipinski definition) is 2. The highest BCUT2D eigenvalue weighted by Crippen LogP contribution is 2.38. The summed E-state index contributed by atoms with van der Waals surface area (Å²) in [6.07, 6.45) is -0.794. The highest BCUT2D eigenvalue weighted by molar-refractivity contribution is 7.07. The molecule has 140 valence electrons. The predicted molar refractivity (Wildman–Crippen MR) is 87.2 cm³/mol. The van der Waals surface area contributed by atoms with E-state index in [2.05, 4.69) is 27.0 Å². The van der Waals surface area contributed by atoms with Crippen molar-refractivity contribution in [2.24, 2.45) is 5.41 Å². The lowest BCUT2D eigenvalue weighted by Gasteiger charge is -2.24.